The number of halogens is 3. The van der Waals surface area contributed by atoms with Gasteiger partial charge in [-0.3, -0.25) is 4.31 Å². The van der Waals surface area contributed by atoms with E-state index in [2.05, 4.69) is 5.10 Å². The van der Waals surface area contributed by atoms with Crippen LogP contribution >= 0.6 is 0 Å². The maximum atomic E-state index is 12.7. The van der Waals surface area contributed by atoms with Crippen molar-refractivity contribution in [1.29, 1.82) is 0 Å². The third-order valence-electron chi connectivity index (χ3n) is 3.78. The highest BCUT2D eigenvalue weighted by Gasteiger charge is 2.33. The molecule has 1 aliphatic heterocycles. The Labute approximate surface area is 136 Å². The average Bonchev–Trinajstić information content (AvgIpc) is 2.88. The molecule has 1 aliphatic rings. The van der Waals surface area contributed by atoms with Crippen molar-refractivity contribution in [1.82, 2.24) is 9.78 Å². The zero-order valence-corrected chi connectivity index (χ0v) is 13.5. The first-order valence-electron chi connectivity index (χ1n) is 7.04. The molecule has 6 nitrogen and oxygen atoms in total. The van der Waals surface area contributed by atoms with Crippen LogP contribution < -0.4 is 10.0 Å². The molecular weight excluding hydrogens is 345 g/mol. The molecule has 10 heteroatoms. The second-order valence-corrected chi connectivity index (χ2v) is 7.60. The topological polar surface area (TPSA) is 81.2 Å². The first-order valence-corrected chi connectivity index (χ1v) is 8.89. The van der Waals surface area contributed by atoms with Crippen LogP contribution in [0.25, 0.3) is 11.1 Å². The van der Waals surface area contributed by atoms with Gasteiger partial charge in [0.1, 0.15) is 5.82 Å². The molecule has 1 aromatic heterocycles. The second kappa shape index (κ2) is 5.49. The highest BCUT2D eigenvalue weighted by Crippen LogP contribution is 2.36. The summed E-state index contributed by atoms with van der Waals surface area (Å²) in [6.45, 7) is 0.431. The fourth-order valence-electron chi connectivity index (χ4n) is 2.69. The van der Waals surface area contributed by atoms with Crippen molar-refractivity contribution in [2.75, 3.05) is 17.1 Å². The monoisotopic (exact) mass is 360 g/mol. The number of nitrogens with zero attached hydrogens (tertiary/aromatic N) is 3. The normalized spacial score (nSPS) is 18.5. The number of alkyl halides is 3. The van der Waals surface area contributed by atoms with Crippen molar-refractivity contribution in [2.45, 2.75) is 18.8 Å². The van der Waals surface area contributed by atoms with Crippen LogP contribution in [0.1, 0.15) is 5.56 Å². The number of anilines is 1. The molecule has 0 fully saturated rings. The fourth-order valence-corrected chi connectivity index (χ4v) is 3.66. The lowest BCUT2D eigenvalue weighted by molar-refractivity contribution is -0.137. The second-order valence-electron chi connectivity index (χ2n) is 5.69. The molecule has 1 unspecified atom stereocenters. The van der Waals surface area contributed by atoms with Gasteiger partial charge in [0.25, 0.3) is 0 Å². The van der Waals surface area contributed by atoms with Gasteiger partial charge in [-0.1, -0.05) is 12.1 Å². The smallest absolute Gasteiger partial charge is 0.325 e. The molecule has 130 valence electrons. The molecule has 3 rings (SSSR count). The van der Waals surface area contributed by atoms with Crippen LogP contribution in [0.15, 0.2) is 30.5 Å². The number of sulfonamides is 1. The summed E-state index contributed by atoms with van der Waals surface area (Å²) in [7, 11) is -3.59. The molecule has 0 bridgehead atoms. The van der Waals surface area contributed by atoms with Gasteiger partial charge in [0.2, 0.25) is 10.0 Å². The largest absolute Gasteiger partial charge is 0.416 e. The van der Waals surface area contributed by atoms with E-state index in [4.69, 9.17) is 5.73 Å². The number of hydrogen-bond donors (Lipinski definition) is 1. The van der Waals surface area contributed by atoms with Gasteiger partial charge in [-0.25, -0.2) is 13.1 Å². The minimum absolute atomic E-state index is 0.0954. The van der Waals surface area contributed by atoms with Gasteiger partial charge in [-0.15, -0.1) is 0 Å². The lowest BCUT2D eigenvalue weighted by atomic mass is 10.1. The number of nitrogens with two attached hydrogens (primary N) is 1. The van der Waals surface area contributed by atoms with Crippen molar-refractivity contribution in [3.8, 4) is 11.1 Å². The lowest BCUT2D eigenvalue weighted by Crippen LogP contribution is -2.48. The van der Waals surface area contributed by atoms with Gasteiger partial charge in [-0.05, 0) is 17.7 Å². The highest BCUT2D eigenvalue weighted by molar-refractivity contribution is 7.92. The standard InChI is InChI=1S/C14H15F3N4O2S/c1-24(22,23)21-8-11(18)7-20-13(21)12(6-19-20)9-2-4-10(5-3-9)14(15,16)17/h2-6,11H,7-8,18H2,1H3. The Morgan fingerprint density at radius 3 is 2.38 bits per heavy atom. The number of benzene rings is 1. The molecule has 0 radical (unpaired) electrons. The third kappa shape index (κ3) is 2.98. The summed E-state index contributed by atoms with van der Waals surface area (Å²) in [6.07, 6.45) is -1.93. The summed E-state index contributed by atoms with van der Waals surface area (Å²) in [5.41, 5.74) is 5.99. The number of fused-ring (bicyclic) bond motifs is 1. The quantitative estimate of drug-likeness (QED) is 0.883. The summed E-state index contributed by atoms with van der Waals surface area (Å²) in [5.74, 6) is 0.318. The third-order valence-corrected chi connectivity index (χ3v) is 4.90. The molecule has 1 atom stereocenters. The Morgan fingerprint density at radius 2 is 1.83 bits per heavy atom. The first-order chi connectivity index (χ1) is 11.1. The maximum Gasteiger partial charge on any atom is 0.416 e. The van der Waals surface area contributed by atoms with Gasteiger partial charge in [0.05, 0.1) is 31.1 Å². The van der Waals surface area contributed by atoms with E-state index in [0.717, 1.165) is 22.7 Å². The Morgan fingerprint density at radius 1 is 1.21 bits per heavy atom. The van der Waals surface area contributed by atoms with Crippen molar-refractivity contribution >= 4 is 15.8 Å². The molecule has 2 N–H and O–H groups in total. The van der Waals surface area contributed by atoms with Gasteiger partial charge in [0.15, 0.2) is 0 Å². The van der Waals surface area contributed by atoms with E-state index in [0.29, 0.717) is 23.5 Å². The number of aromatic nitrogens is 2. The Hall–Kier alpha value is -2.07. The summed E-state index contributed by atoms with van der Waals surface area (Å²) in [6, 6.07) is 4.11. The first kappa shape index (κ1) is 16.8. The summed E-state index contributed by atoms with van der Waals surface area (Å²) in [4.78, 5) is 0. The van der Waals surface area contributed by atoms with Crippen LogP contribution in [-0.2, 0) is 22.7 Å². The fraction of sp³-hybridized carbons (Fsp3) is 0.357. The Kier molecular flexibility index (Phi) is 3.83. The summed E-state index contributed by atoms with van der Waals surface area (Å²) >= 11 is 0. The molecule has 1 aromatic carbocycles. The Balaban J connectivity index is 2.09. The maximum absolute atomic E-state index is 12.7. The van der Waals surface area contributed by atoms with Crippen LogP contribution in [0.5, 0.6) is 0 Å². The van der Waals surface area contributed by atoms with Gasteiger partial charge in [-0.2, -0.15) is 18.3 Å². The van der Waals surface area contributed by atoms with Crippen molar-refractivity contribution in [2.24, 2.45) is 5.73 Å². The molecule has 0 saturated carbocycles. The van der Waals surface area contributed by atoms with E-state index >= 15 is 0 Å². The summed E-state index contributed by atoms with van der Waals surface area (Å²) < 4.78 is 64.7. The van der Waals surface area contributed by atoms with E-state index in [1.165, 1.54) is 23.0 Å². The number of rotatable bonds is 2. The van der Waals surface area contributed by atoms with Crippen LogP contribution in [0, 0.1) is 0 Å². The predicted molar refractivity (Wildman–Crippen MR) is 82.8 cm³/mol. The van der Waals surface area contributed by atoms with E-state index in [1.807, 2.05) is 0 Å². The molecule has 0 saturated heterocycles. The summed E-state index contributed by atoms with van der Waals surface area (Å²) in [5, 5.41) is 4.13. The van der Waals surface area contributed by atoms with Crippen LogP contribution in [0.4, 0.5) is 19.0 Å². The zero-order valence-electron chi connectivity index (χ0n) is 12.7. The molecule has 2 aromatic rings. The average molecular weight is 360 g/mol. The predicted octanol–water partition coefficient (Wildman–Crippen LogP) is 1.68. The van der Waals surface area contributed by atoms with Gasteiger partial charge < -0.3 is 5.73 Å². The van der Waals surface area contributed by atoms with Crippen molar-refractivity contribution in [3.63, 3.8) is 0 Å². The minimum Gasteiger partial charge on any atom is -0.325 e. The lowest BCUT2D eigenvalue weighted by Gasteiger charge is -2.32. The molecule has 0 amide bonds. The minimum atomic E-state index is -4.43. The van der Waals surface area contributed by atoms with E-state index < -0.39 is 27.8 Å². The van der Waals surface area contributed by atoms with Gasteiger partial charge >= 0.3 is 6.18 Å². The molecule has 0 spiro atoms. The zero-order chi connectivity index (χ0) is 17.7. The van der Waals surface area contributed by atoms with Gasteiger partial charge in [0, 0.05) is 11.6 Å². The SMILES string of the molecule is CS(=O)(=O)N1CC(N)Cn2ncc(-c3ccc(C(F)(F)F)cc3)c21. The highest BCUT2D eigenvalue weighted by atomic mass is 32.2. The Bertz CT molecular complexity index is 859. The molecule has 0 aliphatic carbocycles. The van der Waals surface area contributed by atoms with Crippen molar-refractivity contribution in [3.05, 3.63) is 36.0 Å². The van der Waals surface area contributed by atoms with E-state index in [9.17, 15) is 21.6 Å². The molecular formula is C14H15F3N4O2S. The molecule has 24 heavy (non-hydrogen) atoms. The van der Waals surface area contributed by atoms with E-state index in [-0.39, 0.29) is 6.54 Å². The molecule has 2 heterocycles. The number of hydrogen-bond acceptors (Lipinski definition) is 4. The van der Waals surface area contributed by atoms with Crippen LogP contribution in [0.2, 0.25) is 0 Å². The van der Waals surface area contributed by atoms with Crippen molar-refractivity contribution < 1.29 is 21.6 Å². The van der Waals surface area contributed by atoms with Crippen LogP contribution in [-0.4, -0.2) is 37.0 Å². The van der Waals surface area contributed by atoms with E-state index in [1.54, 1.807) is 0 Å². The van der Waals surface area contributed by atoms with Crippen LogP contribution in [0.3, 0.4) is 0 Å².